The van der Waals surface area contributed by atoms with Crippen LogP contribution in [0, 0.1) is 6.92 Å². The van der Waals surface area contributed by atoms with Crippen molar-refractivity contribution in [1.82, 2.24) is 19.9 Å². The van der Waals surface area contributed by atoms with E-state index >= 15 is 0 Å². The monoisotopic (exact) mass is 573 g/mol. The molecule has 4 aromatic rings. The fraction of sp³-hybridized carbons (Fsp3) is 0.345. The second kappa shape index (κ2) is 11.3. The maximum Gasteiger partial charge on any atom is 0.350 e. The van der Waals surface area contributed by atoms with Crippen molar-refractivity contribution in [3.05, 3.63) is 64.3 Å². The number of H-pyrrole nitrogens is 1. The number of rotatable bonds is 8. The first-order valence-corrected chi connectivity index (χ1v) is 14.5. The number of anilines is 4. The summed E-state index contributed by atoms with van der Waals surface area (Å²) in [5, 5.41) is 13.7. The molecular weight excluding hydrogens is 542 g/mol. The zero-order valence-electron chi connectivity index (χ0n) is 22.9. The van der Waals surface area contributed by atoms with E-state index in [9.17, 15) is 14.7 Å². The topological polar surface area (TPSA) is 137 Å². The number of thiazole rings is 1. The highest BCUT2D eigenvalue weighted by molar-refractivity contribution is 7.17. The number of esters is 1. The summed E-state index contributed by atoms with van der Waals surface area (Å²) in [4.78, 5) is 47.2. The van der Waals surface area contributed by atoms with Crippen LogP contribution in [0.4, 0.5) is 22.7 Å². The molecule has 3 N–H and O–H groups in total. The Morgan fingerprint density at radius 2 is 1.90 bits per heavy atom. The Kier molecular flexibility index (Phi) is 7.41. The van der Waals surface area contributed by atoms with Gasteiger partial charge in [0.25, 0.3) is 0 Å². The number of fused-ring (bicyclic) bond motifs is 1. The fourth-order valence-electron chi connectivity index (χ4n) is 5.18. The summed E-state index contributed by atoms with van der Waals surface area (Å²) in [5.74, 6) is 1.06. The minimum atomic E-state index is -0.419. The third-order valence-electron chi connectivity index (χ3n) is 7.29. The summed E-state index contributed by atoms with van der Waals surface area (Å²) in [6, 6.07) is 12.1. The van der Waals surface area contributed by atoms with E-state index in [2.05, 4.69) is 20.2 Å². The normalized spacial score (nSPS) is 15.3. The molecule has 0 atom stereocenters. The zero-order valence-corrected chi connectivity index (χ0v) is 23.7. The number of carbonyl (C=O) groups is 2. The van der Waals surface area contributed by atoms with Gasteiger partial charge in [-0.15, -0.1) is 0 Å². The van der Waals surface area contributed by atoms with Crippen LogP contribution in [-0.2, 0) is 22.5 Å². The van der Waals surface area contributed by atoms with Gasteiger partial charge in [0, 0.05) is 30.5 Å². The Balaban J connectivity index is 1.32. The molecule has 2 aliphatic heterocycles. The molecule has 2 aliphatic rings. The van der Waals surface area contributed by atoms with Crippen molar-refractivity contribution in [2.24, 2.45) is 0 Å². The van der Waals surface area contributed by atoms with Crippen LogP contribution in [0.1, 0.15) is 46.3 Å². The van der Waals surface area contributed by atoms with E-state index < -0.39 is 5.97 Å². The van der Waals surface area contributed by atoms with Gasteiger partial charge in [-0.2, -0.15) is 9.97 Å². The number of aromatic amines is 1. The van der Waals surface area contributed by atoms with E-state index in [1.54, 1.807) is 18.7 Å². The largest absolute Gasteiger partial charge is 0.462 e. The molecule has 11 nitrogen and oxygen atoms in total. The van der Waals surface area contributed by atoms with Crippen LogP contribution >= 0.6 is 11.3 Å². The minimum absolute atomic E-state index is 0.0483. The predicted molar refractivity (Wildman–Crippen MR) is 157 cm³/mol. The number of hydrogen-bond acceptors (Lipinski definition) is 10. The molecule has 0 unspecified atom stereocenters. The first-order valence-electron chi connectivity index (χ1n) is 13.7. The average molecular weight is 574 g/mol. The third kappa shape index (κ3) is 5.52. The fourth-order valence-corrected chi connectivity index (χ4v) is 6.03. The van der Waals surface area contributed by atoms with Crippen molar-refractivity contribution in [3.8, 4) is 11.3 Å². The smallest absolute Gasteiger partial charge is 0.350 e. The quantitative estimate of drug-likeness (QED) is 0.265. The minimum Gasteiger partial charge on any atom is -0.462 e. The van der Waals surface area contributed by atoms with Gasteiger partial charge >= 0.3 is 5.97 Å². The van der Waals surface area contributed by atoms with Crippen molar-refractivity contribution in [2.45, 2.75) is 45.8 Å². The number of aliphatic hydroxyl groups is 1. The number of nitrogens with zero attached hydrogens (tertiary/aromatic N) is 5. The third-order valence-corrected chi connectivity index (χ3v) is 8.34. The molecule has 0 bridgehead atoms. The molecule has 0 radical (unpaired) electrons. The molecule has 0 aliphatic carbocycles. The number of aryl methyl sites for hydroxylation is 1. The van der Waals surface area contributed by atoms with E-state index in [-0.39, 0.29) is 31.0 Å². The Labute approximate surface area is 241 Å². The number of amides is 1. The number of carbonyl (C=O) groups excluding carboxylic acids is 2. The molecule has 1 fully saturated rings. The Bertz CT molecular complexity index is 1560. The molecule has 5 heterocycles. The van der Waals surface area contributed by atoms with Gasteiger partial charge in [0.15, 0.2) is 5.13 Å². The maximum atomic E-state index is 13.3. The lowest BCUT2D eigenvalue weighted by Crippen LogP contribution is -2.37. The van der Waals surface area contributed by atoms with Crippen LogP contribution < -0.4 is 15.1 Å². The van der Waals surface area contributed by atoms with Gasteiger partial charge in [-0.1, -0.05) is 35.6 Å². The first-order chi connectivity index (χ1) is 19.9. The zero-order chi connectivity index (χ0) is 28.5. The van der Waals surface area contributed by atoms with Crippen LogP contribution in [0.2, 0.25) is 0 Å². The van der Waals surface area contributed by atoms with Crippen molar-refractivity contribution in [2.75, 3.05) is 34.8 Å². The number of hydrogen-bond donors (Lipinski definition) is 3. The Morgan fingerprint density at radius 3 is 2.61 bits per heavy atom. The van der Waals surface area contributed by atoms with Crippen LogP contribution in [0.25, 0.3) is 11.3 Å². The molecule has 0 spiro atoms. The van der Waals surface area contributed by atoms with Gasteiger partial charge in [0.05, 0.1) is 31.4 Å². The van der Waals surface area contributed by atoms with Crippen LogP contribution in [0.5, 0.6) is 0 Å². The molecular formula is C29H31N7O4S. The number of aliphatic hydroxyl groups excluding tert-OH is 1. The molecule has 1 aromatic carbocycles. The van der Waals surface area contributed by atoms with Crippen molar-refractivity contribution >= 4 is 45.9 Å². The number of ether oxygens (including phenoxy) is 1. The Morgan fingerprint density at radius 1 is 1.15 bits per heavy atom. The summed E-state index contributed by atoms with van der Waals surface area (Å²) in [5.41, 5.74) is 4.41. The standard InChI is InChI=1S/C29H31N7O4S/c1-3-40-27(39)24-17(2)31-29(41-24)34-28-32-25(35-13-10-20(37)11-14-35)21-15-23(38)36(26(21)33-28)16-18-6-8-19(9-7-18)22-5-4-12-30-22/h4-9,12,20,30,37H,3,10-11,13-16H2,1-2H3,(H,31,32,33,34). The Hall–Kier alpha value is -4.29. The summed E-state index contributed by atoms with van der Waals surface area (Å²) in [6.45, 7) is 5.41. The van der Waals surface area contributed by atoms with E-state index in [1.165, 1.54) is 11.3 Å². The second-order valence-electron chi connectivity index (χ2n) is 10.1. The highest BCUT2D eigenvalue weighted by atomic mass is 32.1. The molecule has 41 heavy (non-hydrogen) atoms. The highest BCUT2D eigenvalue weighted by Crippen LogP contribution is 2.38. The van der Waals surface area contributed by atoms with Gasteiger partial charge in [-0.3, -0.25) is 15.0 Å². The SMILES string of the molecule is CCOC(=O)c1sc(Nc2nc(N3CCC(O)CC3)c3c(n2)N(Cc2ccc(-c4ccc[nH]4)cc2)C(=O)C3)nc1C. The number of benzene rings is 1. The van der Waals surface area contributed by atoms with Crippen LogP contribution in [-0.4, -0.2) is 62.7 Å². The van der Waals surface area contributed by atoms with Gasteiger partial charge < -0.3 is 19.7 Å². The number of aromatic nitrogens is 4. The van der Waals surface area contributed by atoms with Crippen molar-refractivity contribution < 1.29 is 19.4 Å². The van der Waals surface area contributed by atoms with Gasteiger partial charge in [0.2, 0.25) is 11.9 Å². The highest BCUT2D eigenvalue weighted by Gasteiger charge is 2.35. The number of nitrogens with one attached hydrogen (secondary N) is 2. The molecule has 6 rings (SSSR count). The summed E-state index contributed by atoms with van der Waals surface area (Å²) >= 11 is 1.17. The van der Waals surface area contributed by atoms with Crippen molar-refractivity contribution in [3.63, 3.8) is 0 Å². The summed E-state index contributed by atoms with van der Waals surface area (Å²) in [7, 11) is 0. The maximum absolute atomic E-state index is 13.3. The first kappa shape index (κ1) is 26.9. The lowest BCUT2D eigenvalue weighted by Gasteiger charge is -2.31. The summed E-state index contributed by atoms with van der Waals surface area (Å²) in [6.07, 6.45) is 3.00. The predicted octanol–water partition coefficient (Wildman–Crippen LogP) is 4.21. The van der Waals surface area contributed by atoms with E-state index in [4.69, 9.17) is 14.7 Å². The van der Waals surface area contributed by atoms with Crippen LogP contribution in [0.3, 0.4) is 0 Å². The van der Waals surface area contributed by atoms with E-state index in [1.807, 2.05) is 42.6 Å². The molecule has 12 heteroatoms. The second-order valence-corrected chi connectivity index (χ2v) is 11.1. The van der Waals surface area contributed by atoms with Crippen LogP contribution in [0.15, 0.2) is 42.6 Å². The molecule has 3 aromatic heterocycles. The van der Waals surface area contributed by atoms with E-state index in [0.717, 1.165) is 22.4 Å². The average Bonchev–Trinajstić information content (AvgIpc) is 3.70. The summed E-state index contributed by atoms with van der Waals surface area (Å²) < 4.78 is 5.15. The molecule has 0 saturated carbocycles. The van der Waals surface area contributed by atoms with E-state index in [0.29, 0.717) is 59.8 Å². The van der Waals surface area contributed by atoms with Gasteiger partial charge in [-0.05, 0) is 49.9 Å². The van der Waals surface area contributed by atoms with Gasteiger partial charge in [-0.25, -0.2) is 9.78 Å². The number of piperidine rings is 1. The lowest BCUT2D eigenvalue weighted by molar-refractivity contribution is -0.117. The molecule has 212 valence electrons. The van der Waals surface area contributed by atoms with Gasteiger partial charge in [0.1, 0.15) is 16.5 Å². The van der Waals surface area contributed by atoms with Crippen molar-refractivity contribution in [1.29, 1.82) is 0 Å². The molecule has 1 saturated heterocycles. The molecule has 1 amide bonds. The lowest BCUT2D eigenvalue weighted by atomic mass is 10.1.